The Morgan fingerprint density at radius 3 is 2.78 bits per heavy atom. The third-order valence-corrected chi connectivity index (χ3v) is 3.74. The average molecular weight is 250 g/mol. The highest BCUT2D eigenvalue weighted by molar-refractivity contribution is 5.73. The van der Waals surface area contributed by atoms with Crippen LogP contribution in [0.4, 0.5) is 0 Å². The molecule has 0 bridgehead atoms. The van der Waals surface area contributed by atoms with Crippen LogP contribution >= 0.6 is 0 Å². The van der Waals surface area contributed by atoms with Crippen molar-refractivity contribution in [2.24, 2.45) is 11.8 Å². The molecule has 3 atom stereocenters. The smallest absolute Gasteiger partial charge is 0.306 e. The van der Waals surface area contributed by atoms with Crippen molar-refractivity contribution in [2.45, 2.75) is 32.3 Å². The minimum atomic E-state index is -0.700. The van der Waals surface area contributed by atoms with Crippen molar-refractivity contribution >= 4 is 5.97 Å². The monoisotopic (exact) mass is 250 g/mol. The molecule has 3 unspecified atom stereocenters. The largest absolute Gasteiger partial charge is 0.508 e. The molecule has 0 amide bonds. The number of phenols is 1. The maximum atomic E-state index is 10.8. The van der Waals surface area contributed by atoms with E-state index in [0.717, 1.165) is 18.4 Å². The molecule has 1 aliphatic carbocycles. The van der Waals surface area contributed by atoms with Crippen LogP contribution in [0.3, 0.4) is 0 Å². The van der Waals surface area contributed by atoms with Crippen molar-refractivity contribution in [3.63, 3.8) is 0 Å². The van der Waals surface area contributed by atoms with Gasteiger partial charge in [-0.2, -0.15) is 0 Å². The number of carboxylic acids is 1. The SMILES string of the molecule is CC(CC1CC1C(=O)O)c1ccc(O)c(CO)c1. The molecule has 0 saturated heterocycles. The molecule has 4 heteroatoms. The topological polar surface area (TPSA) is 77.8 Å². The Balaban J connectivity index is 2.01. The zero-order valence-corrected chi connectivity index (χ0v) is 10.3. The third kappa shape index (κ3) is 2.64. The summed E-state index contributed by atoms with van der Waals surface area (Å²) in [6, 6.07) is 5.20. The van der Waals surface area contributed by atoms with E-state index in [1.165, 1.54) is 0 Å². The van der Waals surface area contributed by atoms with E-state index in [1.807, 2.05) is 13.0 Å². The number of benzene rings is 1. The highest BCUT2D eigenvalue weighted by Gasteiger charge is 2.43. The summed E-state index contributed by atoms with van der Waals surface area (Å²) in [6.07, 6.45) is 1.61. The van der Waals surface area contributed by atoms with Gasteiger partial charge in [-0.05, 0) is 42.4 Å². The van der Waals surface area contributed by atoms with Crippen LogP contribution in [0.25, 0.3) is 0 Å². The van der Waals surface area contributed by atoms with E-state index in [-0.39, 0.29) is 30.1 Å². The molecule has 1 aliphatic rings. The lowest BCUT2D eigenvalue weighted by atomic mass is 9.93. The van der Waals surface area contributed by atoms with Gasteiger partial charge < -0.3 is 15.3 Å². The molecule has 1 aromatic rings. The van der Waals surface area contributed by atoms with Crippen LogP contribution in [-0.2, 0) is 11.4 Å². The summed E-state index contributed by atoms with van der Waals surface area (Å²) in [7, 11) is 0. The number of aliphatic hydroxyl groups is 1. The lowest BCUT2D eigenvalue weighted by Gasteiger charge is -2.13. The summed E-state index contributed by atoms with van der Waals surface area (Å²) in [5, 5.41) is 27.4. The lowest BCUT2D eigenvalue weighted by Crippen LogP contribution is -2.02. The molecule has 2 rings (SSSR count). The van der Waals surface area contributed by atoms with Gasteiger partial charge in [0, 0.05) is 5.56 Å². The van der Waals surface area contributed by atoms with Gasteiger partial charge in [-0.15, -0.1) is 0 Å². The molecule has 0 heterocycles. The van der Waals surface area contributed by atoms with E-state index in [9.17, 15) is 9.90 Å². The fraction of sp³-hybridized carbons (Fsp3) is 0.500. The zero-order valence-electron chi connectivity index (χ0n) is 10.3. The molecular weight excluding hydrogens is 232 g/mol. The van der Waals surface area contributed by atoms with Crippen LogP contribution in [0.5, 0.6) is 5.75 Å². The standard InChI is InChI=1S/C14H18O4/c1-8(4-10-6-12(10)14(17)18)9-2-3-13(16)11(5-9)7-15/h2-3,5,8,10,12,15-16H,4,6-7H2,1H3,(H,17,18). The molecular formula is C14H18O4. The second kappa shape index (κ2) is 4.98. The van der Waals surface area contributed by atoms with Gasteiger partial charge in [0.05, 0.1) is 12.5 Å². The molecule has 1 saturated carbocycles. The van der Waals surface area contributed by atoms with Crippen molar-refractivity contribution < 1.29 is 20.1 Å². The van der Waals surface area contributed by atoms with Crippen LogP contribution in [0.1, 0.15) is 36.8 Å². The number of aromatic hydroxyl groups is 1. The van der Waals surface area contributed by atoms with Crippen molar-refractivity contribution in [1.82, 2.24) is 0 Å². The quantitative estimate of drug-likeness (QED) is 0.747. The molecule has 4 nitrogen and oxygen atoms in total. The zero-order chi connectivity index (χ0) is 13.3. The van der Waals surface area contributed by atoms with Gasteiger partial charge in [-0.25, -0.2) is 0 Å². The Kier molecular flexibility index (Phi) is 3.57. The van der Waals surface area contributed by atoms with E-state index >= 15 is 0 Å². The van der Waals surface area contributed by atoms with Gasteiger partial charge in [0.2, 0.25) is 0 Å². The summed E-state index contributed by atoms with van der Waals surface area (Å²) in [4.78, 5) is 10.8. The first-order chi connectivity index (χ1) is 8.52. The summed E-state index contributed by atoms with van der Waals surface area (Å²) in [5.74, 6) is -0.270. The maximum Gasteiger partial charge on any atom is 0.306 e. The predicted octanol–water partition coefficient (Wildman–Crippen LogP) is 2.10. The van der Waals surface area contributed by atoms with E-state index < -0.39 is 5.97 Å². The summed E-state index contributed by atoms with van der Waals surface area (Å²) >= 11 is 0. The second-order valence-electron chi connectivity index (χ2n) is 5.12. The van der Waals surface area contributed by atoms with E-state index in [4.69, 9.17) is 10.2 Å². The summed E-state index contributed by atoms with van der Waals surface area (Å²) < 4.78 is 0. The first-order valence-electron chi connectivity index (χ1n) is 6.18. The first kappa shape index (κ1) is 12.9. The lowest BCUT2D eigenvalue weighted by molar-refractivity contribution is -0.138. The molecule has 0 spiro atoms. The number of aliphatic carboxylic acids is 1. The fourth-order valence-electron chi connectivity index (χ4n) is 2.44. The Morgan fingerprint density at radius 2 is 2.22 bits per heavy atom. The molecule has 0 radical (unpaired) electrons. The number of hydrogen-bond donors (Lipinski definition) is 3. The Hall–Kier alpha value is -1.55. The van der Waals surface area contributed by atoms with Gasteiger partial charge in [-0.1, -0.05) is 13.0 Å². The van der Waals surface area contributed by atoms with E-state index in [0.29, 0.717) is 5.56 Å². The highest BCUT2D eigenvalue weighted by atomic mass is 16.4. The van der Waals surface area contributed by atoms with Crippen molar-refractivity contribution in [1.29, 1.82) is 0 Å². The summed E-state index contributed by atoms with van der Waals surface area (Å²) in [6.45, 7) is 1.86. The minimum absolute atomic E-state index is 0.100. The molecule has 1 aromatic carbocycles. The van der Waals surface area contributed by atoms with Gasteiger partial charge >= 0.3 is 5.97 Å². The third-order valence-electron chi connectivity index (χ3n) is 3.74. The minimum Gasteiger partial charge on any atom is -0.508 e. The first-order valence-corrected chi connectivity index (χ1v) is 6.18. The molecule has 0 aliphatic heterocycles. The molecule has 98 valence electrons. The number of carbonyl (C=O) groups is 1. The van der Waals surface area contributed by atoms with Gasteiger partial charge in [0.25, 0.3) is 0 Å². The van der Waals surface area contributed by atoms with Crippen LogP contribution in [0, 0.1) is 11.8 Å². The molecule has 3 N–H and O–H groups in total. The van der Waals surface area contributed by atoms with Gasteiger partial charge in [-0.3, -0.25) is 4.79 Å². The van der Waals surface area contributed by atoms with Crippen molar-refractivity contribution in [2.75, 3.05) is 0 Å². The van der Waals surface area contributed by atoms with Gasteiger partial charge in [0.1, 0.15) is 5.75 Å². The normalized spacial score (nSPS) is 23.7. The van der Waals surface area contributed by atoms with Crippen LogP contribution in [0.15, 0.2) is 18.2 Å². The summed E-state index contributed by atoms with van der Waals surface area (Å²) in [5.41, 5.74) is 1.55. The van der Waals surface area contributed by atoms with E-state index in [2.05, 4.69) is 0 Å². The molecule has 1 fully saturated rings. The Morgan fingerprint density at radius 1 is 1.50 bits per heavy atom. The van der Waals surface area contributed by atoms with Crippen molar-refractivity contribution in [3.8, 4) is 5.75 Å². The maximum absolute atomic E-state index is 10.8. The molecule has 0 aromatic heterocycles. The Labute approximate surface area is 106 Å². The average Bonchev–Trinajstić information content (AvgIpc) is 3.09. The predicted molar refractivity (Wildman–Crippen MR) is 66.3 cm³/mol. The molecule has 18 heavy (non-hydrogen) atoms. The fourth-order valence-corrected chi connectivity index (χ4v) is 2.44. The van der Waals surface area contributed by atoms with Crippen molar-refractivity contribution in [3.05, 3.63) is 29.3 Å². The Bertz CT molecular complexity index is 455. The number of hydrogen-bond acceptors (Lipinski definition) is 3. The second-order valence-corrected chi connectivity index (χ2v) is 5.12. The van der Waals surface area contributed by atoms with Crippen LogP contribution in [0.2, 0.25) is 0 Å². The van der Waals surface area contributed by atoms with Crippen LogP contribution < -0.4 is 0 Å². The van der Waals surface area contributed by atoms with Crippen LogP contribution in [-0.4, -0.2) is 21.3 Å². The number of carboxylic acid groups (broad SMARTS) is 1. The van der Waals surface area contributed by atoms with E-state index in [1.54, 1.807) is 12.1 Å². The highest BCUT2D eigenvalue weighted by Crippen LogP contribution is 2.45. The number of rotatable bonds is 5. The van der Waals surface area contributed by atoms with Gasteiger partial charge in [0.15, 0.2) is 0 Å². The number of aliphatic hydroxyl groups excluding tert-OH is 1.